The fraction of sp³-hybridized carbons (Fsp3) is 0.333. The van der Waals surface area contributed by atoms with Crippen molar-refractivity contribution in [3.05, 3.63) is 59.2 Å². The van der Waals surface area contributed by atoms with Crippen molar-refractivity contribution < 1.29 is 9.47 Å². The number of nitrogens with zero attached hydrogens (tertiary/aromatic N) is 3. The molecule has 3 heterocycles. The molecule has 2 aliphatic heterocycles. The second-order valence-corrected chi connectivity index (χ2v) is 8.92. The minimum Gasteiger partial charge on any atom is -0.454 e. The van der Waals surface area contributed by atoms with E-state index >= 15 is 0 Å². The number of hydrogen-bond acceptors (Lipinski definition) is 5. The lowest BCUT2D eigenvalue weighted by molar-refractivity contribution is 0.174. The number of hydrogen-bond donors (Lipinski definition) is 0. The van der Waals surface area contributed by atoms with E-state index in [1.165, 1.54) is 22.1 Å². The third-order valence-electron chi connectivity index (χ3n) is 5.56. The minimum atomic E-state index is 0.274. The quantitative estimate of drug-likeness (QED) is 0.556. The number of aliphatic imine (C=N–C) groups is 1. The van der Waals surface area contributed by atoms with Crippen molar-refractivity contribution in [1.29, 1.82) is 0 Å². The lowest BCUT2D eigenvalue weighted by Gasteiger charge is -2.31. The number of aromatic nitrogens is 1. The average molecular weight is 420 g/mol. The number of pyridine rings is 1. The fourth-order valence-electron chi connectivity index (χ4n) is 3.70. The summed E-state index contributed by atoms with van der Waals surface area (Å²) in [4.78, 5) is 12.3. The van der Waals surface area contributed by atoms with E-state index in [0.717, 1.165) is 46.7 Å². The van der Waals surface area contributed by atoms with Gasteiger partial charge in [0.15, 0.2) is 16.7 Å². The van der Waals surface area contributed by atoms with E-state index < -0.39 is 0 Å². The van der Waals surface area contributed by atoms with Crippen LogP contribution in [0.5, 0.6) is 11.5 Å². The first kappa shape index (κ1) is 19.2. The summed E-state index contributed by atoms with van der Waals surface area (Å²) in [5.74, 6) is 1.64. The molecule has 154 valence electrons. The summed E-state index contributed by atoms with van der Waals surface area (Å²) in [6.07, 6.45) is 1.01. The molecule has 1 atom stereocenters. The van der Waals surface area contributed by atoms with E-state index in [2.05, 4.69) is 62.1 Å². The molecule has 0 spiro atoms. The van der Waals surface area contributed by atoms with Crippen LogP contribution in [0.1, 0.15) is 37.0 Å². The van der Waals surface area contributed by atoms with Crippen LogP contribution in [0, 0.1) is 6.92 Å². The van der Waals surface area contributed by atoms with Crippen LogP contribution >= 0.6 is 11.8 Å². The van der Waals surface area contributed by atoms with Gasteiger partial charge in [0.1, 0.15) is 5.03 Å². The van der Waals surface area contributed by atoms with Crippen molar-refractivity contribution in [3.63, 3.8) is 0 Å². The van der Waals surface area contributed by atoms with E-state index in [1.807, 2.05) is 6.07 Å². The molecule has 0 saturated carbocycles. The Labute approximate surface area is 181 Å². The number of rotatable bonds is 4. The second kappa shape index (κ2) is 7.84. The molecule has 6 heteroatoms. The monoisotopic (exact) mass is 419 g/mol. The molecule has 30 heavy (non-hydrogen) atoms. The van der Waals surface area contributed by atoms with Crippen molar-refractivity contribution in [2.45, 2.75) is 51.3 Å². The second-order valence-electron chi connectivity index (χ2n) is 7.96. The molecule has 2 aliphatic rings. The van der Waals surface area contributed by atoms with Gasteiger partial charge in [0.2, 0.25) is 6.79 Å². The van der Waals surface area contributed by atoms with Gasteiger partial charge in [-0.15, -0.1) is 0 Å². The summed E-state index contributed by atoms with van der Waals surface area (Å²) in [5.41, 5.74) is 4.71. The molecule has 2 aromatic carbocycles. The molecule has 1 unspecified atom stereocenters. The SMILES string of the molecule is CCC(C)N=C1Sc2nc3cc(C)ccc3cc2CN1Cc1ccc2c(c1)OCO2. The van der Waals surface area contributed by atoms with Gasteiger partial charge in [-0.25, -0.2) is 4.98 Å². The van der Waals surface area contributed by atoms with Gasteiger partial charge in [-0.2, -0.15) is 0 Å². The first-order valence-electron chi connectivity index (χ1n) is 10.4. The van der Waals surface area contributed by atoms with Gasteiger partial charge in [-0.3, -0.25) is 4.99 Å². The molecule has 5 rings (SSSR count). The summed E-state index contributed by atoms with van der Waals surface area (Å²) in [6.45, 7) is 8.31. The summed E-state index contributed by atoms with van der Waals surface area (Å²) in [7, 11) is 0. The molecule has 0 bridgehead atoms. The van der Waals surface area contributed by atoms with Crippen molar-refractivity contribution in [2.24, 2.45) is 4.99 Å². The van der Waals surface area contributed by atoms with Gasteiger partial charge in [0.05, 0.1) is 5.52 Å². The summed E-state index contributed by atoms with van der Waals surface area (Å²) in [5, 5.41) is 3.29. The number of amidine groups is 1. The topological polar surface area (TPSA) is 47.0 Å². The molecule has 3 aromatic rings. The van der Waals surface area contributed by atoms with E-state index in [1.54, 1.807) is 11.8 Å². The Morgan fingerprint density at radius 2 is 2.00 bits per heavy atom. The smallest absolute Gasteiger partial charge is 0.231 e. The first-order chi connectivity index (χ1) is 14.6. The Bertz CT molecular complexity index is 1140. The first-order valence-corrected chi connectivity index (χ1v) is 11.2. The van der Waals surface area contributed by atoms with Crippen molar-refractivity contribution in [1.82, 2.24) is 9.88 Å². The van der Waals surface area contributed by atoms with Gasteiger partial charge in [-0.05, 0) is 67.4 Å². The average Bonchev–Trinajstić information content (AvgIpc) is 3.20. The maximum atomic E-state index is 5.56. The molecule has 0 radical (unpaired) electrons. The highest BCUT2D eigenvalue weighted by atomic mass is 32.2. The van der Waals surface area contributed by atoms with E-state index in [0.29, 0.717) is 6.79 Å². The number of aryl methyl sites for hydroxylation is 1. The Morgan fingerprint density at radius 1 is 1.13 bits per heavy atom. The van der Waals surface area contributed by atoms with Gasteiger partial charge in [0, 0.05) is 30.1 Å². The van der Waals surface area contributed by atoms with Crippen LogP contribution in [0.25, 0.3) is 10.9 Å². The van der Waals surface area contributed by atoms with Gasteiger partial charge in [0.25, 0.3) is 0 Å². The summed E-state index contributed by atoms with van der Waals surface area (Å²) >= 11 is 1.68. The van der Waals surface area contributed by atoms with Crippen LogP contribution in [0.15, 0.2) is 52.5 Å². The summed E-state index contributed by atoms with van der Waals surface area (Å²) < 4.78 is 11.0. The molecule has 1 aromatic heterocycles. The Morgan fingerprint density at radius 3 is 2.87 bits per heavy atom. The van der Waals surface area contributed by atoms with E-state index in [9.17, 15) is 0 Å². The summed E-state index contributed by atoms with van der Waals surface area (Å²) in [6, 6.07) is 15.2. The van der Waals surface area contributed by atoms with Gasteiger partial charge >= 0.3 is 0 Å². The third kappa shape index (κ3) is 3.72. The predicted molar refractivity (Wildman–Crippen MR) is 121 cm³/mol. The Kier molecular flexibility index (Phi) is 5.03. The molecule has 0 N–H and O–H groups in total. The lowest BCUT2D eigenvalue weighted by atomic mass is 10.1. The zero-order valence-electron chi connectivity index (χ0n) is 17.5. The zero-order chi connectivity index (χ0) is 20.7. The lowest BCUT2D eigenvalue weighted by Crippen LogP contribution is -2.32. The van der Waals surface area contributed by atoms with Crippen LogP contribution in [-0.2, 0) is 13.1 Å². The third-order valence-corrected chi connectivity index (χ3v) is 6.66. The maximum absolute atomic E-state index is 5.56. The van der Waals surface area contributed by atoms with E-state index in [4.69, 9.17) is 19.5 Å². The maximum Gasteiger partial charge on any atom is 0.231 e. The molecular formula is C24H25N3O2S. The van der Waals surface area contributed by atoms with Crippen LogP contribution in [-0.4, -0.2) is 27.9 Å². The van der Waals surface area contributed by atoms with Crippen LogP contribution < -0.4 is 9.47 Å². The number of ether oxygens (including phenoxy) is 2. The van der Waals surface area contributed by atoms with Gasteiger partial charge < -0.3 is 14.4 Å². The van der Waals surface area contributed by atoms with Crippen LogP contribution in [0.4, 0.5) is 0 Å². The number of fused-ring (bicyclic) bond motifs is 3. The molecule has 0 fully saturated rings. The van der Waals surface area contributed by atoms with E-state index in [-0.39, 0.29) is 6.04 Å². The molecule has 0 amide bonds. The largest absolute Gasteiger partial charge is 0.454 e. The number of thioether (sulfide) groups is 1. The van der Waals surface area contributed by atoms with Crippen molar-refractivity contribution in [2.75, 3.05) is 6.79 Å². The van der Waals surface area contributed by atoms with Crippen LogP contribution in [0.3, 0.4) is 0 Å². The standard InChI is InChI=1S/C24H25N3O2S/c1-4-16(3)25-24-27(12-17-6-8-21-22(10-17)29-14-28-21)13-19-11-18-7-5-15(2)9-20(18)26-23(19)30-24/h5-11,16H,4,12-14H2,1-3H3. The highest BCUT2D eigenvalue weighted by molar-refractivity contribution is 8.13. The minimum absolute atomic E-state index is 0.274. The number of benzene rings is 2. The highest BCUT2D eigenvalue weighted by Gasteiger charge is 2.25. The Hall–Kier alpha value is -2.73. The molecular weight excluding hydrogens is 394 g/mol. The van der Waals surface area contributed by atoms with Crippen molar-refractivity contribution >= 4 is 27.8 Å². The van der Waals surface area contributed by atoms with Crippen molar-refractivity contribution in [3.8, 4) is 11.5 Å². The normalized spacial score (nSPS) is 17.4. The predicted octanol–water partition coefficient (Wildman–Crippen LogP) is 5.53. The Balaban J connectivity index is 1.50. The molecule has 0 saturated heterocycles. The zero-order valence-corrected chi connectivity index (χ0v) is 18.3. The fourth-order valence-corrected chi connectivity index (χ4v) is 4.76. The van der Waals surface area contributed by atoms with Gasteiger partial charge in [-0.1, -0.05) is 25.1 Å². The van der Waals surface area contributed by atoms with Crippen LogP contribution in [0.2, 0.25) is 0 Å². The molecule has 5 nitrogen and oxygen atoms in total. The highest BCUT2D eigenvalue weighted by Crippen LogP contribution is 2.36. The molecule has 0 aliphatic carbocycles.